The minimum Gasteiger partial charge on any atom is -0.350 e. The van der Waals surface area contributed by atoms with E-state index >= 15 is 0 Å². The van der Waals surface area contributed by atoms with E-state index in [1.165, 1.54) is 24.8 Å². The Bertz CT molecular complexity index is 767. The van der Waals surface area contributed by atoms with Gasteiger partial charge in [-0.2, -0.15) is 0 Å². The van der Waals surface area contributed by atoms with Crippen molar-refractivity contribution >= 4 is 5.82 Å². The summed E-state index contributed by atoms with van der Waals surface area (Å²) in [6.45, 7) is 1.79. The third-order valence-electron chi connectivity index (χ3n) is 5.60. The summed E-state index contributed by atoms with van der Waals surface area (Å²) >= 11 is 0. The van der Waals surface area contributed by atoms with Gasteiger partial charge in [0.2, 0.25) is 0 Å². The van der Waals surface area contributed by atoms with Crippen molar-refractivity contribution in [2.75, 3.05) is 18.0 Å². The molecule has 132 valence electrons. The SMILES string of the molecule is Cn1ccnc(N2CCCC(NC3CC(c4ccccc4)C3)C2)c1=O. The molecule has 25 heavy (non-hydrogen) atoms. The molecule has 2 fully saturated rings. The van der Waals surface area contributed by atoms with E-state index in [2.05, 4.69) is 45.5 Å². The fourth-order valence-electron chi connectivity index (χ4n) is 4.09. The molecule has 0 amide bonds. The number of anilines is 1. The van der Waals surface area contributed by atoms with E-state index in [0.717, 1.165) is 19.5 Å². The van der Waals surface area contributed by atoms with Crippen LogP contribution in [0.15, 0.2) is 47.5 Å². The normalized spacial score (nSPS) is 26.3. The first kappa shape index (κ1) is 16.3. The average molecular weight is 338 g/mol. The Morgan fingerprint density at radius 3 is 2.76 bits per heavy atom. The van der Waals surface area contributed by atoms with Gasteiger partial charge in [0, 0.05) is 44.6 Å². The van der Waals surface area contributed by atoms with E-state index < -0.39 is 0 Å². The number of benzene rings is 1. The molecule has 4 rings (SSSR count). The molecule has 2 heterocycles. The zero-order valence-corrected chi connectivity index (χ0v) is 14.8. The summed E-state index contributed by atoms with van der Waals surface area (Å²) in [4.78, 5) is 18.8. The second-order valence-corrected chi connectivity index (χ2v) is 7.39. The van der Waals surface area contributed by atoms with Crippen molar-refractivity contribution < 1.29 is 0 Å². The second-order valence-electron chi connectivity index (χ2n) is 7.39. The van der Waals surface area contributed by atoms with E-state index in [-0.39, 0.29) is 5.56 Å². The molecule has 0 radical (unpaired) electrons. The van der Waals surface area contributed by atoms with Crippen LogP contribution in [0.5, 0.6) is 0 Å². The molecule has 1 aromatic carbocycles. The van der Waals surface area contributed by atoms with Gasteiger partial charge in [-0.3, -0.25) is 4.79 Å². The molecule has 1 saturated carbocycles. The largest absolute Gasteiger partial charge is 0.350 e. The Morgan fingerprint density at radius 2 is 1.96 bits per heavy atom. The van der Waals surface area contributed by atoms with Gasteiger partial charge in [0.05, 0.1) is 0 Å². The molecule has 1 saturated heterocycles. The van der Waals surface area contributed by atoms with Crippen LogP contribution >= 0.6 is 0 Å². The highest BCUT2D eigenvalue weighted by Gasteiger charge is 2.33. The molecule has 0 bridgehead atoms. The first-order chi connectivity index (χ1) is 12.2. The molecule has 2 aliphatic rings. The highest BCUT2D eigenvalue weighted by molar-refractivity contribution is 5.36. The fourth-order valence-corrected chi connectivity index (χ4v) is 4.09. The van der Waals surface area contributed by atoms with E-state index in [9.17, 15) is 4.79 Å². The zero-order valence-electron chi connectivity index (χ0n) is 14.8. The molecule has 1 unspecified atom stereocenters. The van der Waals surface area contributed by atoms with Crippen LogP contribution in [0.4, 0.5) is 5.82 Å². The first-order valence-corrected chi connectivity index (χ1v) is 9.28. The number of hydrogen-bond acceptors (Lipinski definition) is 4. The summed E-state index contributed by atoms with van der Waals surface area (Å²) in [6, 6.07) is 11.9. The molecule has 2 aromatic rings. The molecule has 1 aromatic heterocycles. The Morgan fingerprint density at radius 1 is 1.16 bits per heavy atom. The molecular weight excluding hydrogens is 312 g/mol. The lowest BCUT2D eigenvalue weighted by Gasteiger charge is -2.41. The number of hydrogen-bond donors (Lipinski definition) is 1. The molecule has 1 aliphatic heterocycles. The maximum atomic E-state index is 12.3. The smallest absolute Gasteiger partial charge is 0.293 e. The van der Waals surface area contributed by atoms with Crippen LogP contribution < -0.4 is 15.8 Å². The molecule has 5 nitrogen and oxygen atoms in total. The highest BCUT2D eigenvalue weighted by atomic mass is 16.1. The van der Waals surface area contributed by atoms with Crippen molar-refractivity contribution in [3.05, 3.63) is 58.6 Å². The van der Waals surface area contributed by atoms with Gasteiger partial charge in [-0.05, 0) is 37.2 Å². The molecule has 1 N–H and O–H groups in total. The molecule has 1 aliphatic carbocycles. The third kappa shape index (κ3) is 3.47. The van der Waals surface area contributed by atoms with Crippen molar-refractivity contribution in [3.8, 4) is 0 Å². The number of aromatic nitrogens is 2. The van der Waals surface area contributed by atoms with Gasteiger partial charge in [0.15, 0.2) is 5.82 Å². The summed E-state index contributed by atoms with van der Waals surface area (Å²) in [5, 5.41) is 3.81. The van der Waals surface area contributed by atoms with Gasteiger partial charge in [-0.15, -0.1) is 0 Å². The Balaban J connectivity index is 1.34. The first-order valence-electron chi connectivity index (χ1n) is 9.28. The molecule has 5 heteroatoms. The van der Waals surface area contributed by atoms with E-state index in [0.29, 0.717) is 23.8 Å². The Labute approximate surface area is 148 Å². The highest BCUT2D eigenvalue weighted by Crippen LogP contribution is 2.37. The monoisotopic (exact) mass is 338 g/mol. The van der Waals surface area contributed by atoms with Crippen molar-refractivity contribution in [1.29, 1.82) is 0 Å². The van der Waals surface area contributed by atoms with Crippen molar-refractivity contribution in [3.63, 3.8) is 0 Å². The number of aryl methyl sites for hydroxylation is 1. The summed E-state index contributed by atoms with van der Waals surface area (Å²) in [5.74, 6) is 1.29. The van der Waals surface area contributed by atoms with Crippen LogP contribution in [0, 0.1) is 0 Å². The maximum Gasteiger partial charge on any atom is 0.293 e. The lowest BCUT2D eigenvalue weighted by Crippen LogP contribution is -2.53. The van der Waals surface area contributed by atoms with Gasteiger partial charge in [0.1, 0.15) is 0 Å². The third-order valence-corrected chi connectivity index (χ3v) is 5.60. The van der Waals surface area contributed by atoms with Gasteiger partial charge >= 0.3 is 0 Å². The predicted molar refractivity (Wildman–Crippen MR) is 100 cm³/mol. The van der Waals surface area contributed by atoms with Crippen LogP contribution in [-0.2, 0) is 7.05 Å². The van der Waals surface area contributed by atoms with Gasteiger partial charge < -0.3 is 14.8 Å². The fraction of sp³-hybridized carbons (Fsp3) is 0.500. The quantitative estimate of drug-likeness (QED) is 0.929. The lowest BCUT2D eigenvalue weighted by atomic mass is 9.75. The van der Waals surface area contributed by atoms with Gasteiger partial charge in [-0.25, -0.2) is 4.98 Å². The van der Waals surface area contributed by atoms with Gasteiger partial charge in [-0.1, -0.05) is 30.3 Å². The Hall–Kier alpha value is -2.14. The van der Waals surface area contributed by atoms with Crippen LogP contribution in [-0.4, -0.2) is 34.7 Å². The van der Waals surface area contributed by atoms with Gasteiger partial charge in [0.25, 0.3) is 5.56 Å². The number of nitrogens with one attached hydrogen (secondary N) is 1. The number of piperidine rings is 1. The predicted octanol–water partition coefficient (Wildman–Crippen LogP) is 2.28. The van der Waals surface area contributed by atoms with E-state index in [1.807, 2.05) is 0 Å². The lowest BCUT2D eigenvalue weighted by molar-refractivity contribution is 0.251. The minimum atomic E-state index is -0.00376. The summed E-state index contributed by atoms with van der Waals surface area (Å²) in [5.41, 5.74) is 1.46. The molecule has 1 atom stereocenters. The Kier molecular flexibility index (Phi) is 4.57. The van der Waals surface area contributed by atoms with E-state index in [4.69, 9.17) is 0 Å². The topological polar surface area (TPSA) is 50.2 Å². The van der Waals surface area contributed by atoms with Crippen LogP contribution in [0.1, 0.15) is 37.2 Å². The van der Waals surface area contributed by atoms with Crippen molar-refractivity contribution in [2.24, 2.45) is 7.05 Å². The minimum absolute atomic E-state index is 0.00376. The number of rotatable bonds is 4. The maximum absolute atomic E-state index is 12.3. The molecule has 0 spiro atoms. The zero-order chi connectivity index (χ0) is 17.2. The second kappa shape index (κ2) is 7.00. The van der Waals surface area contributed by atoms with Crippen LogP contribution in [0.2, 0.25) is 0 Å². The van der Waals surface area contributed by atoms with Crippen molar-refractivity contribution in [2.45, 2.75) is 43.7 Å². The average Bonchev–Trinajstić information content (AvgIpc) is 2.61. The standard InChI is InChI=1S/C20H26N4O/c1-23-11-9-21-19(20(23)25)24-10-5-8-17(14-24)22-18-12-16(13-18)15-6-3-2-4-7-15/h2-4,6-7,9,11,16-18,22H,5,8,10,12-14H2,1H3. The number of nitrogens with zero attached hydrogens (tertiary/aromatic N) is 3. The van der Waals surface area contributed by atoms with Crippen molar-refractivity contribution in [1.82, 2.24) is 14.9 Å². The van der Waals surface area contributed by atoms with Crippen LogP contribution in [0.3, 0.4) is 0 Å². The molecular formula is C20H26N4O. The summed E-state index contributed by atoms with van der Waals surface area (Å²) in [7, 11) is 1.78. The van der Waals surface area contributed by atoms with E-state index in [1.54, 1.807) is 24.0 Å². The summed E-state index contributed by atoms with van der Waals surface area (Å²) in [6.07, 6.45) is 8.13. The van der Waals surface area contributed by atoms with Crippen LogP contribution in [0.25, 0.3) is 0 Å². The summed E-state index contributed by atoms with van der Waals surface area (Å²) < 4.78 is 1.61.